The van der Waals surface area contributed by atoms with E-state index in [1.54, 1.807) is 61.7 Å². The third-order valence-electron chi connectivity index (χ3n) is 7.18. The molecule has 0 bridgehead atoms. The lowest BCUT2D eigenvalue weighted by molar-refractivity contribution is -0.132. The van der Waals surface area contributed by atoms with Crippen LogP contribution in [0.1, 0.15) is 50.3 Å². The number of anilines is 1. The molecule has 1 atom stereocenters. The number of hydrogen-bond acceptors (Lipinski definition) is 9. The molecule has 3 aromatic carbocycles. The summed E-state index contributed by atoms with van der Waals surface area (Å²) in [5, 5.41) is 11.9. The zero-order valence-corrected chi connectivity index (χ0v) is 25.4. The van der Waals surface area contributed by atoms with Gasteiger partial charge in [-0.25, -0.2) is 4.98 Å². The average molecular weight is 603 g/mol. The third-order valence-corrected chi connectivity index (χ3v) is 8.20. The van der Waals surface area contributed by atoms with Gasteiger partial charge in [0.2, 0.25) is 0 Å². The van der Waals surface area contributed by atoms with Gasteiger partial charge in [0.05, 0.1) is 49.3 Å². The van der Waals surface area contributed by atoms with Crippen LogP contribution in [-0.4, -0.2) is 49.2 Å². The minimum absolute atomic E-state index is 0.0512. The number of rotatable bonds is 12. The van der Waals surface area contributed by atoms with E-state index in [9.17, 15) is 14.7 Å². The van der Waals surface area contributed by atoms with E-state index in [1.807, 2.05) is 13.0 Å². The highest BCUT2D eigenvalue weighted by molar-refractivity contribution is 7.22. The van der Waals surface area contributed by atoms with Crippen molar-refractivity contribution in [3.8, 4) is 23.0 Å². The molecule has 0 aliphatic carbocycles. The van der Waals surface area contributed by atoms with E-state index in [0.717, 1.165) is 24.0 Å². The summed E-state index contributed by atoms with van der Waals surface area (Å²) in [6.07, 6.45) is 3.03. The third kappa shape index (κ3) is 6.01. The number of aliphatic hydroxyl groups is 1. The molecule has 1 aliphatic heterocycles. The fourth-order valence-corrected chi connectivity index (χ4v) is 6.03. The van der Waals surface area contributed by atoms with Crippen LogP contribution in [0, 0.1) is 0 Å². The van der Waals surface area contributed by atoms with Crippen LogP contribution in [0.15, 0.2) is 66.2 Å². The van der Waals surface area contributed by atoms with E-state index in [4.69, 9.17) is 18.9 Å². The minimum Gasteiger partial charge on any atom is -0.507 e. The minimum atomic E-state index is -0.975. The van der Waals surface area contributed by atoms with Crippen LogP contribution in [0.4, 0.5) is 5.13 Å². The van der Waals surface area contributed by atoms with E-state index in [0.29, 0.717) is 58.0 Å². The number of unbranched alkanes of at least 4 members (excludes halogenated alkanes) is 2. The van der Waals surface area contributed by atoms with Crippen LogP contribution in [0.2, 0.25) is 0 Å². The Kier molecular flexibility index (Phi) is 9.16. The van der Waals surface area contributed by atoms with Crippen LogP contribution in [0.25, 0.3) is 16.0 Å². The molecule has 1 unspecified atom stereocenters. The van der Waals surface area contributed by atoms with Gasteiger partial charge >= 0.3 is 5.91 Å². The maximum atomic E-state index is 13.7. The molecule has 224 valence electrons. The van der Waals surface area contributed by atoms with Crippen molar-refractivity contribution in [1.82, 2.24) is 4.98 Å². The van der Waals surface area contributed by atoms with Crippen LogP contribution in [0.3, 0.4) is 0 Å². The van der Waals surface area contributed by atoms with Crippen molar-refractivity contribution in [2.24, 2.45) is 0 Å². The summed E-state index contributed by atoms with van der Waals surface area (Å²) in [6, 6.07) is 16.4. The Bertz CT molecular complexity index is 1660. The molecule has 2 heterocycles. The lowest BCUT2D eigenvalue weighted by Gasteiger charge is -2.24. The zero-order chi connectivity index (χ0) is 30.5. The Morgan fingerprint density at radius 2 is 1.67 bits per heavy atom. The normalized spacial score (nSPS) is 16.1. The van der Waals surface area contributed by atoms with Crippen molar-refractivity contribution in [2.75, 3.05) is 32.3 Å². The number of amides is 1. The van der Waals surface area contributed by atoms with Crippen molar-refractivity contribution in [1.29, 1.82) is 0 Å². The molecule has 1 amide bonds. The Balaban J connectivity index is 1.63. The predicted molar refractivity (Wildman–Crippen MR) is 167 cm³/mol. The topological polar surface area (TPSA) is 107 Å². The summed E-state index contributed by atoms with van der Waals surface area (Å²) in [6.45, 7) is 5.03. The molecule has 1 fully saturated rings. The van der Waals surface area contributed by atoms with E-state index < -0.39 is 17.7 Å². The SMILES string of the molecule is CCCCCOc1ccc(C2C(=C(O)c3ccc(OCC)cc3)C(=O)C(=O)N2c2nc3ccc(OC)cc3s2)cc1OC. The number of aromatic nitrogens is 1. The van der Waals surface area contributed by atoms with Gasteiger partial charge < -0.3 is 24.1 Å². The predicted octanol–water partition coefficient (Wildman–Crippen LogP) is 6.91. The molecular formula is C33H34N2O7S. The average Bonchev–Trinajstić information content (AvgIpc) is 3.56. The Labute approximate surface area is 254 Å². The number of carbonyl (C=O) groups excluding carboxylic acids is 2. The lowest BCUT2D eigenvalue weighted by Crippen LogP contribution is -2.29. The fraction of sp³-hybridized carbons (Fsp3) is 0.303. The first-order valence-corrected chi connectivity index (χ1v) is 15.0. The number of carbonyl (C=O) groups is 2. The molecule has 10 heteroatoms. The Morgan fingerprint density at radius 3 is 2.37 bits per heavy atom. The van der Waals surface area contributed by atoms with Gasteiger partial charge in [0.15, 0.2) is 16.6 Å². The molecule has 4 aromatic rings. The lowest BCUT2D eigenvalue weighted by atomic mass is 9.95. The summed E-state index contributed by atoms with van der Waals surface area (Å²) >= 11 is 1.26. The number of aliphatic hydroxyl groups excluding tert-OH is 1. The maximum absolute atomic E-state index is 13.7. The highest BCUT2D eigenvalue weighted by Crippen LogP contribution is 2.46. The number of hydrogen-bond donors (Lipinski definition) is 1. The number of methoxy groups -OCH3 is 2. The fourth-order valence-electron chi connectivity index (χ4n) is 5.01. The van der Waals surface area contributed by atoms with Gasteiger partial charge in [0.1, 0.15) is 17.3 Å². The molecule has 0 radical (unpaired) electrons. The summed E-state index contributed by atoms with van der Waals surface area (Å²) < 4.78 is 23.3. The molecule has 1 aliphatic rings. The van der Waals surface area contributed by atoms with E-state index >= 15 is 0 Å². The molecule has 9 nitrogen and oxygen atoms in total. The van der Waals surface area contributed by atoms with E-state index in [2.05, 4.69) is 11.9 Å². The van der Waals surface area contributed by atoms with E-state index in [1.165, 1.54) is 23.3 Å². The number of benzene rings is 3. The molecule has 43 heavy (non-hydrogen) atoms. The number of Topliss-reactive ketones (excluding diaryl/α,β-unsaturated/α-hetero) is 1. The largest absolute Gasteiger partial charge is 0.507 e. The van der Waals surface area contributed by atoms with Crippen LogP contribution >= 0.6 is 11.3 Å². The second-order valence-corrected chi connectivity index (χ2v) is 10.9. The van der Waals surface area contributed by atoms with Crippen molar-refractivity contribution < 1.29 is 33.6 Å². The molecule has 0 spiro atoms. The Hall–Kier alpha value is -4.57. The van der Waals surface area contributed by atoms with Gasteiger partial charge in [0, 0.05) is 5.56 Å². The van der Waals surface area contributed by atoms with E-state index in [-0.39, 0.29) is 11.3 Å². The standard InChI is InChI=1S/C33H34N2O7S/c1-5-7-8-17-42-25-16-11-21(18-26(25)40-4)29-28(30(36)20-9-12-22(13-10-20)41-6-2)31(37)32(38)35(29)33-34-24-15-14-23(39-3)19-27(24)43-33/h9-16,18-19,29,36H,5-8,17H2,1-4H3. The highest BCUT2D eigenvalue weighted by Gasteiger charge is 2.48. The van der Waals surface area contributed by atoms with Crippen LogP contribution in [-0.2, 0) is 9.59 Å². The van der Waals surface area contributed by atoms with Gasteiger partial charge in [0.25, 0.3) is 5.78 Å². The van der Waals surface area contributed by atoms with Gasteiger partial charge in [-0.15, -0.1) is 0 Å². The number of nitrogens with zero attached hydrogens (tertiary/aromatic N) is 2. The Morgan fingerprint density at radius 1 is 0.907 bits per heavy atom. The summed E-state index contributed by atoms with van der Waals surface area (Å²) in [5.74, 6) is 0.383. The second kappa shape index (κ2) is 13.2. The van der Waals surface area contributed by atoms with Gasteiger partial charge in [-0.1, -0.05) is 37.2 Å². The summed E-state index contributed by atoms with van der Waals surface area (Å²) in [5.41, 5.74) is 1.54. The number of ether oxygens (including phenoxy) is 4. The zero-order valence-electron chi connectivity index (χ0n) is 24.6. The van der Waals surface area contributed by atoms with Crippen molar-refractivity contribution in [3.05, 3.63) is 77.4 Å². The molecule has 1 aromatic heterocycles. The van der Waals surface area contributed by atoms with Gasteiger partial charge in [-0.05, 0) is 73.5 Å². The maximum Gasteiger partial charge on any atom is 0.301 e. The van der Waals surface area contributed by atoms with Gasteiger partial charge in [-0.3, -0.25) is 14.5 Å². The quantitative estimate of drug-likeness (QED) is 0.0807. The molecule has 1 N–H and O–H groups in total. The smallest absolute Gasteiger partial charge is 0.301 e. The van der Waals surface area contributed by atoms with Crippen molar-refractivity contribution >= 4 is 44.1 Å². The number of thiazole rings is 1. The highest BCUT2D eigenvalue weighted by atomic mass is 32.1. The summed E-state index contributed by atoms with van der Waals surface area (Å²) in [4.78, 5) is 33.4. The first-order chi connectivity index (χ1) is 20.9. The van der Waals surface area contributed by atoms with Crippen LogP contribution < -0.4 is 23.8 Å². The number of fused-ring (bicyclic) bond motifs is 1. The molecule has 0 saturated carbocycles. The monoisotopic (exact) mass is 602 g/mol. The first kappa shape index (κ1) is 29.9. The molecule has 1 saturated heterocycles. The van der Waals surface area contributed by atoms with Crippen molar-refractivity contribution in [2.45, 2.75) is 39.2 Å². The van der Waals surface area contributed by atoms with Gasteiger partial charge in [-0.2, -0.15) is 0 Å². The second-order valence-electron chi connectivity index (χ2n) is 9.92. The first-order valence-electron chi connectivity index (χ1n) is 14.2. The van der Waals surface area contributed by atoms with Crippen molar-refractivity contribution in [3.63, 3.8) is 0 Å². The number of ketones is 1. The van der Waals surface area contributed by atoms with Crippen LogP contribution in [0.5, 0.6) is 23.0 Å². The molecule has 5 rings (SSSR count). The summed E-state index contributed by atoms with van der Waals surface area (Å²) in [7, 11) is 3.11. The molecular weight excluding hydrogens is 568 g/mol.